The van der Waals surface area contributed by atoms with Crippen LogP contribution >= 0.6 is 0 Å². The maximum absolute atomic E-state index is 9.54. The number of nitrogens with zero attached hydrogens (tertiary/aromatic N) is 2. The highest BCUT2D eigenvalue weighted by molar-refractivity contribution is 5.61. The van der Waals surface area contributed by atoms with Gasteiger partial charge in [0.25, 0.3) is 0 Å². The van der Waals surface area contributed by atoms with E-state index in [4.69, 9.17) is 0 Å². The molecule has 100 valence electrons. The van der Waals surface area contributed by atoms with Gasteiger partial charge in [-0.2, -0.15) is 0 Å². The third-order valence-corrected chi connectivity index (χ3v) is 3.04. The second-order valence-electron chi connectivity index (χ2n) is 4.58. The normalized spacial score (nSPS) is 10.5. The minimum Gasteiger partial charge on any atom is -0.508 e. The molecule has 1 aromatic carbocycles. The van der Waals surface area contributed by atoms with Crippen molar-refractivity contribution < 1.29 is 5.11 Å². The molecule has 0 saturated carbocycles. The molecule has 0 aliphatic rings. The Kier molecular flexibility index (Phi) is 4.00. The van der Waals surface area contributed by atoms with Crippen LogP contribution in [0.15, 0.2) is 24.3 Å². The van der Waals surface area contributed by atoms with Crippen molar-refractivity contribution in [3.8, 4) is 17.1 Å². The second kappa shape index (κ2) is 5.69. The van der Waals surface area contributed by atoms with Crippen molar-refractivity contribution in [2.45, 2.75) is 27.2 Å². The van der Waals surface area contributed by atoms with Crippen LogP contribution in [0, 0.1) is 13.8 Å². The van der Waals surface area contributed by atoms with E-state index in [0.717, 1.165) is 35.6 Å². The van der Waals surface area contributed by atoms with Gasteiger partial charge in [0.2, 0.25) is 0 Å². The van der Waals surface area contributed by atoms with Gasteiger partial charge < -0.3 is 10.4 Å². The molecule has 0 aliphatic heterocycles. The molecule has 4 heteroatoms. The number of nitrogens with one attached hydrogen (secondary N) is 1. The lowest BCUT2D eigenvalue weighted by Gasteiger charge is -2.12. The van der Waals surface area contributed by atoms with Crippen LogP contribution < -0.4 is 5.32 Å². The molecule has 2 aromatic rings. The van der Waals surface area contributed by atoms with Crippen molar-refractivity contribution in [1.82, 2.24) is 9.97 Å². The predicted octanol–water partition coefficient (Wildman–Crippen LogP) is 3.29. The summed E-state index contributed by atoms with van der Waals surface area (Å²) in [7, 11) is 0. The van der Waals surface area contributed by atoms with Crippen LogP contribution in [0.5, 0.6) is 5.75 Å². The summed E-state index contributed by atoms with van der Waals surface area (Å²) in [6, 6.07) is 7.00. The zero-order valence-electron chi connectivity index (χ0n) is 11.6. The number of aryl methyl sites for hydroxylation is 1. The average Bonchev–Trinajstić information content (AvgIpc) is 2.40. The number of aromatic nitrogens is 2. The molecule has 0 atom stereocenters. The Hall–Kier alpha value is -2.10. The van der Waals surface area contributed by atoms with E-state index in [2.05, 4.69) is 22.2 Å². The number of benzene rings is 1. The quantitative estimate of drug-likeness (QED) is 0.882. The van der Waals surface area contributed by atoms with Gasteiger partial charge in [0.15, 0.2) is 5.82 Å². The topological polar surface area (TPSA) is 58.0 Å². The van der Waals surface area contributed by atoms with E-state index in [1.165, 1.54) is 0 Å². The summed E-state index contributed by atoms with van der Waals surface area (Å²) >= 11 is 0. The number of hydrogen-bond acceptors (Lipinski definition) is 4. The van der Waals surface area contributed by atoms with Gasteiger partial charge in [-0.15, -0.1) is 0 Å². The highest BCUT2D eigenvalue weighted by atomic mass is 16.3. The van der Waals surface area contributed by atoms with Crippen molar-refractivity contribution in [3.05, 3.63) is 35.5 Å². The highest BCUT2D eigenvalue weighted by Crippen LogP contribution is 2.24. The van der Waals surface area contributed by atoms with Gasteiger partial charge >= 0.3 is 0 Å². The monoisotopic (exact) mass is 257 g/mol. The van der Waals surface area contributed by atoms with Gasteiger partial charge in [0, 0.05) is 23.4 Å². The Morgan fingerprint density at radius 2 is 2.00 bits per heavy atom. The van der Waals surface area contributed by atoms with Crippen LogP contribution in [0.3, 0.4) is 0 Å². The molecular weight excluding hydrogens is 238 g/mol. The highest BCUT2D eigenvalue weighted by Gasteiger charge is 2.09. The zero-order chi connectivity index (χ0) is 13.8. The van der Waals surface area contributed by atoms with Crippen LogP contribution in [-0.2, 0) is 0 Å². The third-order valence-electron chi connectivity index (χ3n) is 3.04. The molecular formula is C15H19N3O. The molecule has 0 spiro atoms. The van der Waals surface area contributed by atoms with E-state index in [0.29, 0.717) is 5.82 Å². The van der Waals surface area contributed by atoms with E-state index >= 15 is 0 Å². The van der Waals surface area contributed by atoms with Gasteiger partial charge in [-0.1, -0.05) is 19.1 Å². The van der Waals surface area contributed by atoms with Crippen molar-refractivity contribution >= 4 is 5.82 Å². The second-order valence-corrected chi connectivity index (χ2v) is 4.58. The van der Waals surface area contributed by atoms with Crippen molar-refractivity contribution in [2.24, 2.45) is 0 Å². The van der Waals surface area contributed by atoms with Crippen LogP contribution in [0.1, 0.15) is 24.6 Å². The zero-order valence-corrected chi connectivity index (χ0v) is 11.6. The summed E-state index contributed by atoms with van der Waals surface area (Å²) in [5.74, 6) is 1.73. The number of hydrogen-bond donors (Lipinski definition) is 2. The summed E-state index contributed by atoms with van der Waals surface area (Å²) in [6.45, 7) is 6.99. The Labute approximate surface area is 113 Å². The molecule has 0 fully saturated rings. The first kappa shape index (κ1) is 13.3. The fourth-order valence-corrected chi connectivity index (χ4v) is 1.82. The molecule has 0 radical (unpaired) electrons. The molecule has 0 bridgehead atoms. The summed E-state index contributed by atoms with van der Waals surface area (Å²) in [6.07, 6.45) is 1.05. The summed E-state index contributed by atoms with van der Waals surface area (Å²) in [5.41, 5.74) is 2.84. The number of aromatic hydroxyl groups is 1. The van der Waals surface area contributed by atoms with Crippen molar-refractivity contribution in [2.75, 3.05) is 11.9 Å². The van der Waals surface area contributed by atoms with E-state index in [1.807, 2.05) is 19.9 Å². The molecule has 1 heterocycles. The molecule has 1 aromatic heterocycles. The van der Waals surface area contributed by atoms with E-state index < -0.39 is 0 Å². The predicted molar refractivity (Wildman–Crippen MR) is 77.4 cm³/mol. The molecule has 2 N–H and O–H groups in total. The fraction of sp³-hybridized carbons (Fsp3) is 0.333. The first-order valence-corrected chi connectivity index (χ1v) is 6.50. The molecule has 0 aliphatic carbocycles. The average molecular weight is 257 g/mol. The van der Waals surface area contributed by atoms with Gasteiger partial charge in [0.1, 0.15) is 11.6 Å². The largest absolute Gasteiger partial charge is 0.508 e. The van der Waals surface area contributed by atoms with Gasteiger partial charge in [-0.25, -0.2) is 9.97 Å². The van der Waals surface area contributed by atoms with Crippen LogP contribution in [-0.4, -0.2) is 21.6 Å². The number of phenolic OH excluding ortho intramolecular Hbond substituents is 1. The van der Waals surface area contributed by atoms with Crippen LogP contribution in [0.2, 0.25) is 0 Å². The lowest BCUT2D eigenvalue weighted by atomic mass is 10.1. The summed E-state index contributed by atoms with van der Waals surface area (Å²) in [4.78, 5) is 9.04. The third kappa shape index (κ3) is 3.02. The van der Waals surface area contributed by atoms with Gasteiger partial charge in [-0.05, 0) is 32.4 Å². The minimum atomic E-state index is 0.224. The lowest BCUT2D eigenvalue weighted by molar-refractivity contribution is 0.475. The minimum absolute atomic E-state index is 0.224. The maximum atomic E-state index is 9.54. The molecule has 0 saturated heterocycles. The Bertz CT molecular complexity index is 582. The SMILES string of the molecule is CCCNc1nc(-c2cccc(O)c2)nc(C)c1C. The molecule has 4 nitrogen and oxygen atoms in total. The van der Waals surface area contributed by atoms with Gasteiger partial charge in [-0.3, -0.25) is 0 Å². The van der Waals surface area contributed by atoms with Crippen molar-refractivity contribution in [1.29, 1.82) is 0 Å². The Morgan fingerprint density at radius 3 is 2.68 bits per heavy atom. The first-order valence-electron chi connectivity index (χ1n) is 6.50. The maximum Gasteiger partial charge on any atom is 0.161 e. The van der Waals surface area contributed by atoms with Crippen molar-refractivity contribution in [3.63, 3.8) is 0 Å². The van der Waals surface area contributed by atoms with Crippen LogP contribution in [0.4, 0.5) is 5.82 Å². The molecule has 0 amide bonds. The van der Waals surface area contributed by atoms with E-state index in [9.17, 15) is 5.11 Å². The Balaban J connectivity index is 2.44. The first-order chi connectivity index (χ1) is 9.11. The molecule has 2 rings (SSSR count). The lowest BCUT2D eigenvalue weighted by Crippen LogP contribution is -2.07. The fourth-order valence-electron chi connectivity index (χ4n) is 1.82. The standard InChI is InChI=1S/C15H19N3O/c1-4-8-16-14-10(2)11(3)17-15(18-14)12-6-5-7-13(19)9-12/h5-7,9,19H,4,8H2,1-3H3,(H,16,17,18). The Morgan fingerprint density at radius 1 is 1.21 bits per heavy atom. The smallest absolute Gasteiger partial charge is 0.161 e. The van der Waals surface area contributed by atoms with E-state index in [-0.39, 0.29) is 5.75 Å². The number of phenols is 1. The van der Waals surface area contributed by atoms with Crippen LogP contribution in [0.25, 0.3) is 11.4 Å². The van der Waals surface area contributed by atoms with E-state index in [1.54, 1.807) is 18.2 Å². The molecule has 19 heavy (non-hydrogen) atoms. The molecule has 0 unspecified atom stereocenters. The van der Waals surface area contributed by atoms with Gasteiger partial charge in [0.05, 0.1) is 0 Å². The number of rotatable bonds is 4. The summed E-state index contributed by atoms with van der Waals surface area (Å²) < 4.78 is 0. The number of anilines is 1. The summed E-state index contributed by atoms with van der Waals surface area (Å²) in [5, 5.41) is 12.9.